The highest BCUT2D eigenvalue weighted by atomic mass is 79.9. The lowest BCUT2D eigenvalue weighted by molar-refractivity contribution is -0.136. The summed E-state index contributed by atoms with van der Waals surface area (Å²) in [6.07, 6.45) is 0. The first-order valence-corrected chi connectivity index (χ1v) is 7.71. The summed E-state index contributed by atoms with van der Waals surface area (Å²) in [6, 6.07) is 5.10. The maximum Gasteiger partial charge on any atom is 0.255 e. The van der Waals surface area contributed by atoms with Crippen molar-refractivity contribution >= 4 is 39.3 Å². The molecule has 1 saturated heterocycles. The van der Waals surface area contributed by atoms with Crippen LogP contribution in [0.4, 0.5) is 0 Å². The first-order chi connectivity index (χ1) is 10.0. The van der Waals surface area contributed by atoms with E-state index in [-0.39, 0.29) is 18.4 Å². The molecule has 5 nitrogen and oxygen atoms in total. The molecule has 1 fully saturated rings. The second-order valence-corrected chi connectivity index (χ2v) is 6.02. The van der Waals surface area contributed by atoms with E-state index in [2.05, 4.69) is 15.9 Å². The van der Waals surface area contributed by atoms with Crippen molar-refractivity contribution in [3.05, 3.63) is 33.3 Å². The van der Waals surface area contributed by atoms with Crippen LogP contribution in [-0.2, 0) is 9.53 Å². The number of hydrogen-bond acceptors (Lipinski definition) is 3. The third kappa shape index (κ3) is 3.96. The fraction of sp³-hybridized carbons (Fsp3) is 0.429. The number of amides is 2. The molecule has 1 aromatic carbocycles. The standard InChI is InChI=1S/C14H16BrClN2O3/c1-21-9-13(19)17-4-6-18(7-5-17)14(20)11-3-2-10(16)8-12(11)15/h2-3,8H,4-7,9H2,1H3. The Morgan fingerprint density at radius 1 is 1.24 bits per heavy atom. The van der Waals surface area contributed by atoms with E-state index in [1.807, 2.05) is 0 Å². The minimum atomic E-state index is -0.0580. The predicted molar refractivity (Wildman–Crippen MR) is 83.5 cm³/mol. The van der Waals surface area contributed by atoms with E-state index >= 15 is 0 Å². The SMILES string of the molecule is COCC(=O)N1CCN(C(=O)c2ccc(Cl)cc2Br)CC1. The van der Waals surface area contributed by atoms with Gasteiger partial charge in [-0.1, -0.05) is 11.6 Å². The van der Waals surface area contributed by atoms with Gasteiger partial charge in [0.25, 0.3) is 5.91 Å². The first-order valence-electron chi connectivity index (χ1n) is 6.54. The molecule has 0 radical (unpaired) electrons. The van der Waals surface area contributed by atoms with E-state index in [0.29, 0.717) is 41.2 Å². The molecule has 0 spiro atoms. The van der Waals surface area contributed by atoms with Crippen molar-refractivity contribution < 1.29 is 14.3 Å². The van der Waals surface area contributed by atoms with Crippen LogP contribution < -0.4 is 0 Å². The molecule has 0 aliphatic carbocycles. The Bertz CT molecular complexity index is 545. The molecule has 2 rings (SSSR count). The number of halogens is 2. The monoisotopic (exact) mass is 374 g/mol. The maximum atomic E-state index is 12.5. The van der Waals surface area contributed by atoms with Crippen LogP contribution in [-0.4, -0.2) is 61.5 Å². The highest BCUT2D eigenvalue weighted by Crippen LogP contribution is 2.23. The van der Waals surface area contributed by atoms with Gasteiger partial charge in [0.15, 0.2) is 0 Å². The number of carbonyl (C=O) groups excluding carboxylic acids is 2. The molecule has 2 amide bonds. The summed E-state index contributed by atoms with van der Waals surface area (Å²) < 4.78 is 5.52. The van der Waals surface area contributed by atoms with Crippen molar-refractivity contribution in [1.82, 2.24) is 9.80 Å². The molecule has 1 aliphatic heterocycles. The lowest BCUT2D eigenvalue weighted by Crippen LogP contribution is -2.51. The zero-order valence-corrected chi connectivity index (χ0v) is 14.0. The molecule has 7 heteroatoms. The topological polar surface area (TPSA) is 49.9 Å². The zero-order valence-electron chi connectivity index (χ0n) is 11.6. The van der Waals surface area contributed by atoms with E-state index < -0.39 is 0 Å². The molecule has 114 valence electrons. The number of benzene rings is 1. The largest absolute Gasteiger partial charge is 0.375 e. The second kappa shape index (κ2) is 7.24. The Morgan fingerprint density at radius 2 is 1.86 bits per heavy atom. The first kappa shape index (κ1) is 16.3. The van der Waals surface area contributed by atoms with Crippen molar-refractivity contribution in [2.24, 2.45) is 0 Å². The van der Waals surface area contributed by atoms with Gasteiger partial charge in [0, 0.05) is 42.8 Å². The second-order valence-electron chi connectivity index (χ2n) is 4.73. The Labute approximate surface area is 136 Å². The minimum Gasteiger partial charge on any atom is -0.375 e. The summed E-state index contributed by atoms with van der Waals surface area (Å²) in [5.41, 5.74) is 0.580. The fourth-order valence-electron chi connectivity index (χ4n) is 2.21. The number of carbonyl (C=O) groups is 2. The van der Waals surface area contributed by atoms with Crippen LogP contribution in [0.3, 0.4) is 0 Å². The molecular formula is C14H16BrClN2O3. The van der Waals surface area contributed by atoms with Crippen LogP contribution >= 0.6 is 27.5 Å². The van der Waals surface area contributed by atoms with Crippen LogP contribution in [0.25, 0.3) is 0 Å². The predicted octanol–water partition coefficient (Wildman–Crippen LogP) is 2.03. The molecule has 1 heterocycles. The van der Waals surface area contributed by atoms with Crippen LogP contribution in [0.5, 0.6) is 0 Å². The third-order valence-corrected chi connectivity index (χ3v) is 4.24. The summed E-state index contributed by atoms with van der Waals surface area (Å²) in [4.78, 5) is 27.6. The van der Waals surface area contributed by atoms with E-state index in [0.717, 1.165) is 0 Å². The van der Waals surface area contributed by atoms with Crippen molar-refractivity contribution in [3.63, 3.8) is 0 Å². The summed E-state index contributed by atoms with van der Waals surface area (Å²) >= 11 is 9.24. The van der Waals surface area contributed by atoms with Crippen LogP contribution in [0.2, 0.25) is 5.02 Å². The van der Waals surface area contributed by atoms with E-state index in [9.17, 15) is 9.59 Å². The lowest BCUT2D eigenvalue weighted by atomic mass is 10.2. The van der Waals surface area contributed by atoms with Gasteiger partial charge in [-0.2, -0.15) is 0 Å². The molecular weight excluding hydrogens is 360 g/mol. The van der Waals surface area contributed by atoms with Gasteiger partial charge in [0.2, 0.25) is 5.91 Å². The van der Waals surface area contributed by atoms with Gasteiger partial charge in [0.1, 0.15) is 6.61 Å². The Morgan fingerprint density at radius 3 is 2.43 bits per heavy atom. The normalized spacial score (nSPS) is 15.2. The Hall–Kier alpha value is -1.11. The minimum absolute atomic E-state index is 0.0442. The summed E-state index contributed by atoms with van der Waals surface area (Å²) in [5.74, 6) is -0.102. The van der Waals surface area contributed by atoms with Crippen LogP contribution in [0.15, 0.2) is 22.7 Å². The van der Waals surface area contributed by atoms with Gasteiger partial charge < -0.3 is 14.5 Å². The fourth-order valence-corrected chi connectivity index (χ4v) is 3.06. The average molecular weight is 376 g/mol. The van der Waals surface area contributed by atoms with Crippen LogP contribution in [0.1, 0.15) is 10.4 Å². The molecule has 1 aliphatic rings. The van der Waals surface area contributed by atoms with Gasteiger partial charge in [-0.3, -0.25) is 9.59 Å². The number of hydrogen-bond donors (Lipinski definition) is 0. The summed E-state index contributed by atoms with van der Waals surface area (Å²) in [6.45, 7) is 2.17. The molecule has 0 atom stereocenters. The third-order valence-electron chi connectivity index (χ3n) is 3.35. The Balaban J connectivity index is 1.98. The molecule has 0 bridgehead atoms. The van der Waals surface area contributed by atoms with Crippen LogP contribution in [0, 0.1) is 0 Å². The molecule has 0 saturated carbocycles. The average Bonchev–Trinajstić information content (AvgIpc) is 2.47. The highest BCUT2D eigenvalue weighted by molar-refractivity contribution is 9.10. The van der Waals surface area contributed by atoms with Crippen molar-refractivity contribution in [2.45, 2.75) is 0 Å². The van der Waals surface area contributed by atoms with Gasteiger partial charge in [-0.25, -0.2) is 0 Å². The number of rotatable bonds is 3. The number of nitrogens with zero attached hydrogens (tertiary/aromatic N) is 2. The van der Waals surface area contributed by atoms with Crippen molar-refractivity contribution in [1.29, 1.82) is 0 Å². The highest BCUT2D eigenvalue weighted by Gasteiger charge is 2.25. The quantitative estimate of drug-likeness (QED) is 0.812. The molecule has 0 N–H and O–H groups in total. The molecule has 0 aromatic heterocycles. The van der Waals surface area contributed by atoms with E-state index in [4.69, 9.17) is 16.3 Å². The summed E-state index contributed by atoms with van der Waals surface area (Å²) in [7, 11) is 1.50. The van der Waals surface area contributed by atoms with E-state index in [1.54, 1.807) is 28.0 Å². The van der Waals surface area contributed by atoms with E-state index in [1.165, 1.54) is 7.11 Å². The van der Waals surface area contributed by atoms with Gasteiger partial charge in [0.05, 0.1) is 5.56 Å². The van der Waals surface area contributed by atoms with Gasteiger partial charge in [-0.15, -0.1) is 0 Å². The van der Waals surface area contributed by atoms with Crippen molar-refractivity contribution in [3.8, 4) is 0 Å². The van der Waals surface area contributed by atoms with Gasteiger partial charge >= 0.3 is 0 Å². The maximum absolute atomic E-state index is 12.5. The Kier molecular flexibility index (Phi) is 5.61. The number of piperazine rings is 1. The zero-order chi connectivity index (χ0) is 15.4. The molecule has 1 aromatic rings. The number of ether oxygens (including phenoxy) is 1. The molecule has 21 heavy (non-hydrogen) atoms. The summed E-state index contributed by atoms with van der Waals surface area (Å²) in [5, 5.41) is 0.577. The van der Waals surface area contributed by atoms with Crippen molar-refractivity contribution in [2.75, 3.05) is 39.9 Å². The molecule has 0 unspecified atom stereocenters. The lowest BCUT2D eigenvalue weighted by Gasteiger charge is -2.34. The smallest absolute Gasteiger partial charge is 0.255 e. The van der Waals surface area contributed by atoms with Gasteiger partial charge in [-0.05, 0) is 34.1 Å². The number of methoxy groups -OCH3 is 1.